The summed E-state index contributed by atoms with van der Waals surface area (Å²) in [6.45, 7) is 0.772. The molecule has 0 saturated heterocycles. The quantitative estimate of drug-likeness (QED) is 0.693. The maximum Gasteiger partial charge on any atom is 0.319 e. The van der Waals surface area contributed by atoms with Gasteiger partial charge in [-0.3, -0.25) is 0 Å². The molecule has 6 heteroatoms. The SMILES string of the molecule is O=C(NC[C@@H]1COc2ccccc2O1)Nc1cccc2[nH]ccc12. The van der Waals surface area contributed by atoms with E-state index in [2.05, 4.69) is 15.6 Å². The van der Waals surface area contributed by atoms with Crippen molar-refractivity contribution in [2.45, 2.75) is 6.10 Å². The largest absolute Gasteiger partial charge is 0.486 e. The van der Waals surface area contributed by atoms with E-state index >= 15 is 0 Å². The fourth-order valence-corrected chi connectivity index (χ4v) is 2.73. The second-order valence-corrected chi connectivity index (χ2v) is 5.58. The van der Waals surface area contributed by atoms with Gasteiger partial charge < -0.3 is 25.1 Å². The second kappa shape index (κ2) is 6.16. The molecule has 4 rings (SSSR count). The van der Waals surface area contributed by atoms with E-state index in [1.165, 1.54) is 0 Å². The summed E-state index contributed by atoms with van der Waals surface area (Å²) < 4.78 is 11.5. The normalized spacial score (nSPS) is 15.9. The van der Waals surface area contributed by atoms with Crippen molar-refractivity contribution in [3.8, 4) is 11.5 Å². The lowest BCUT2D eigenvalue weighted by molar-refractivity contribution is 0.0922. The molecule has 0 bridgehead atoms. The zero-order valence-electron chi connectivity index (χ0n) is 12.9. The average molecular weight is 323 g/mol. The number of nitrogens with one attached hydrogen (secondary N) is 3. The van der Waals surface area contributed by atoms with Gasteiger partial charge in [-0.1, -0.05) is 18.2 Å². The molecule has 6 nitrogen and oxygen atoms in total. The molecule has 0 fully saturated rings. The minimum atomic E-state index is -0.272. The Balaban J connectivity index is 1.35. The van der Waals surface area contributed by atoms with E-state index in [1.54, 1.807) is 0 Å². The lowest BCUT2D eigenvalue weighted by Gasteiger charge is -2.26. The van der Waals surface area contributed by atoms with Crippen LogP contribution in [-0.4, -0.2) is 30.3 Å². The summed E-state index contributed by atoms with van der Waals surface area (Å²) in [5, 5.41) is 6.66. The molecule has 122 valence electrons. The molecule has 0 radical (unpaired) electrons. The van der Waals surface area contributed by atoms with Crippen molar-refractivity contribution in [1.82, 2.24) is 10.3 Å². The molecule has 0 unspecified atom stereocenters. The monoisotopic (exact) mass is 323 g/mol. The molecule has 1 aliphatic heterocycles. The summed E-state index contributed by atoms with van der Waals surface area (Å²) >= 11 is 0. The first kappa shape index (κ1) is 14.4. The fourth-order valence-electron chi connectivity index (χ4n) is 2.73. The van der Waals surface area contributed by atoms with E-state index in [4.69, 9.17) is 9.47 Å². The molecule has 0 spiro atoms. The topological polar surface area (TPSA) is 75.4 Å². The highest BCUT2D eigenvalue weighted by Crippen LogP contribution is 2.30. The maximum absolute atomic E-state index is 12.1. The van der Waals surface area contributed by atoms with E-state index in [1.807, 2.05) is 54.7 Å². The van der Waals surface area contributed by atoms with Crippen molar-refractivity contribution in [2.75, 3.05) is 18.5 Å². The van der Waals surface area contributed by atoms with E-state index in [-0.39, 0.29) is 12.1 Å². The summed E-state index contributed by atoms with van der Waals surface area (Å²) in [7, 11) is 0. The summed E-state index contributed by atoms with van der Waals surface area (Å²) in [5.41, 5.74) is 1.74. The van der Waals surface area contributed by atoms with Gasteiger partial charge in [0.05, 0.1) is 12.2 Å². The smallest absolute Gasteiger partial charge is 0.319 e. The van der Waals surface area contributed by atoms with Crippen LogP contribution in [0.5, 0.6) is 11.5 Å². The van der Waals surface area contributed by atoms with Gasteiger partial charge in [0.2, 0.25) is 0 Å². The number of H-pyrrole nitrogens is 1. The number of urea groups is 1. The summed E-state index contributed by atoms with van der Waals surface area (Å²) in [5.74, 6) is 1.44. The van der Waals surface area contributed by atoms with Crippen LogP contribution in [0.15, 0.2) is 54.7 Å². The number of ether oxygens (including phenoxy) is 2. The van der Waals surface area contributed by atoms with Gasteiger partial charge in [0, 0.05) is 17.1 Å². The van der Waals surface area contributed by atoms with E-state index in [9.17, 15) is 4.79 Å². The third kappa shape index (κ3) is 2.86. The van der Waals surface area contributed by atoms with Gasteiger partial charge in [0.25, 0.3) is 0 Å². The molecule has 24 heavy (non-hydrogen) atoms. The molecule has 1 aromatic heterocycles. The standard InChI is InChI=1S/C18H17N3O3/c22-18(21-15-5-3-4-14-13(15)8-9-19-14)20-10-12-11-23-16-6-1-2-7-17(16)24-12/h1-9,12,19H,10-11H2,(H2,20,21,22)/t12-/m1/s1. The predicted octanol–water partition coefficient (Wildman–Crippen LogP) is 3.13. The van der Waals surface area contributed by atoms with E-state index in [0.29, 0.717) is 18.9 Å². The van der Waals surface area contributed by atoms with Crippen LogP contribution in [0.1, 0.15) is 0 Å². The number of aromatic nitrogens is 1. The van der Waals surface area contributed by atoms with Crippen LogP contribution in [0.2, 0.25) is 0 Å². The first-order valence-electron chi connectivity index (χ1n) is 7.79. The number of fused-ring (bicyclic) bond motifs is 2. The number of carbonyl (C=O) groups excluding carboxylic acids is 1. The van der Waals surface area contributed by atoms with Crippen molar-refractivity contribution in [1.29, 1.82) is 0 Å². The summed E-state index contributed by atoms with van der Waals surface area (Å²) in [6.07, 6.45) is 1.63. The molecule has 0 aliphatic carbocycles. The van der Waals surface area contributed by atoms with Crippen LogP contribution in [0, 0.1) is 0 Å². The minimum Gasteiger partial charge on any atom is -0.486 e. The first-order valence-corrected chi connectivity index (χ1v) is 7.79. The van der Waals surface area contributed by atoms with Gasteiger partial charge in [-0.25, -0.2) is 4.79 Å². The molecule has 2 heterocycles. The molecule has 2 amide bonds. The van der Waals surface area contributed by atoms with Crippen molar-refractivity contribution in [3.63, 3.8) is 0 Å². The minimum absolute atomic E-state index is 0.214. The Hall–Kier alpha value is -3.15. The zero-order chi connectivity index (χ0) is 16.4. The number of rotatable bonds is 3. The van der Waals surface area contributed by atoms with Crippen LogP contribution in [-0.2, 0) is 0 Å². The van der Waals surface area contributed by atoms with Gasteiger partial charge in [-0.15, -0.1) is 0 Å². The number of hydrogen-bond acceptors (Lipinski definition) is 3. The van der Waals surface area contributed by atoms with Gasteiger partial charge in [-0.2, -0.15) is 0 Å². The third-order valence-corrected chi connectivity index (χ3v) is 3.90. The Morgan fingerprint density at radius 2 is 2.00 bits per heavy atom. The fraction of sp³-hybridized carbons (Fsp3) is 0.167. The van der Waals surface area contributed by atoms with Gasteiger partial charge in [0.1, 0.15) is 6.61 Å². The highest BCUT2D eigenvalue weighted by atomic mass is 16.6. The van der Waals surface area contributed by atoms with Crippen LogP contribution < -0.4 is 20.1 Å². The van der Waals surface area contributed by atoms with Crippen molar-refractivity contribution in [2.24, 2.45) is 0 Å². The molecular formula is C18H17N3O3. The molecule has 3 aromatic rings. The lowest BCUT2D eigenvalue weighted by Crippen LogP contribution is -2.42. The molecule has 1 aliphatic rings. The Morgan fingerprint density at radius 1 is 1.12 bits per heavy atom. The molecule has 0 saturated carbocycles. The van der Waals surface area contributed by atoms with Gasteiger partial charge >= 0.3 is 6.03 Å². The van der Waals surface area contributed by atoms with Gasteiger partial charge in [0.15, 0.2) is 17.6 Å². The number of benzene rings is 2. The van der Waals surface area contributed by atoms with E-state index < -0.39 is 0 Å². The van der Waals surface area contributed by atoms with Crippen molar-refractivity contribution in [3.05, 3.63) is 54.7 Å². The average Bonchev–Trinajstić information content (AvgIpc) is 3.10. The Labute approximate surface area is 138 Å². The van der Waals surface area contributed by atoms with Crippen molar-refractivity contribution < 1.29 is 14.3 Å². The molecule has 3 N–H and O–H groups in total. The molecule has 2 aromatic carbocycles. The number of carbonyl (C=O) groups is 1. The zero-order valence-corrected chi connectivity index (χ0v) is 12.9. The predicted molar refractivity (Wildman–Crippen MR) is 91.7 cm³/mol. The lowest BCUT2D eigenvalue weighted by atomic mass is 10.2. The van der Waals surface area contributed by atoms with Crippen LogP contribution in [0.4, 0.5) is 10.5 Å². The Kier molecular flexibility index (Phi) is 3.70. The van der Waals surface area contributed by atoms with Crippen LogP contribution in [0.3, 0.4) is 0 Å². The third-order valence-electron chi connectivity index (χ3n) is 3.90. The van der Waals surface area contributed by atoms with E-state index in [0.717, 1.165) is 22.3 Å². The summed E-state index contributed by atoms with van der Waals surface area (Å²) in [6, 6.07) is 14.9. The highest BCUT2D eigenvalue weighted by molar-refractivity contribution is 6.00. The summed E-state index contributed by atoms with van der Waals surface area (Å²) in [4.78, 5) is 15.3. The number of amides is 2. The Bertz CT molecular complexity index is 875. The first-order chi connectivity index (χ1) is 11.8. The van der Waals surface area contributed by atoms with Crippen LogP contribution >= 0.6 is 0 Å². The van der Waals surface area contributed by atoms with Crippen molar-refractivity contribution >= 4 is 22.6 Å². The number of anilines is 1. The number of hydrogen-bond donors (Lipinski definition) is 3. The number of aromatic amines is 1. The molecular weight excluding hydrogens is 306 g/mol. The number of para-hydroxylation sites is 2. The van der Waals surface area contributed by atoms with Crippen LogP contribution in [0.25, 0.3) is 10.9 Å². The second-order valence-electron chi connectivity index (χ2n) is 5.58. The maximum atomic E-state index is 12.1. The van der Waals surface area contributed by atoms with Gasteiger partial charge in [-0.05, 0) is 30.3 Å². The molecule has 1 atom stereocenters. The Morgan fingerprint density at radius 3 is 2.92 bits per heavy atom. The highest BCUT2D eigenvalue weighted by Gasteiger charge is 2.21.